The summed E-state index contributed by atoms with van der Waals surface area (Å²) in [4.78, 5) is 3.48. The van der Waals surface area contributed by atoms with Crippen LogP contribution in [-0.4, -0.2) is 9.13 Å². The molecule has 0 N–H and O–H groups in total. The lowest BCUT2D eigenvalue weighted by Crippen LogP contribution is -2.06. The van der Waals surface area contributed by atoms with Crippen LogP contribution in [0.4, 0.5) is 18.9 Å². The smallest absolute Gasteiger partial charge is 0.309 e. The largest absolute Gasteiger partial charge is 0.415 e. The van der Waals surface area contributed by atoms with Gasteiger partial charge in [-0.15, -0.1) is 0 Å². The Labute approximate surface area is 344 Å². The summed E-state index contributed by atoms with van der Waals surface area (Å²) in [6.07, 6.45) is -4.70. The zero-order chi connectivity index (χ0) is 41.3. The van der Waals surface area contributed by atoms with E-state index in [1.165, 1.54) is 6.07 Å². The number of hydrogen-bond acceptors (Lipinski definition) is 1. The van der Waals surface area contributed by atoms with Gasteiger partial charge in [0.15, 0.2) is 5.69 Å². The van der Waals surface area contributed by atoms with Crippen molar-refractivity contribution in [1.29, 1.82) is 5.26 Å². The fourth-order valence-corrected chi connectivity index (χ4v) is 8.86. The van der Waals surface area contributed by atoms with Gasteiger partial charge in [-0.3, -0.25) is 0 Å². The molecule has 2 aromatic heterocycles. The molecule has 0 amide bonds. The molecule has 0 unspecified atom stereocenters. The Morgan fingerprint density at radius 3 is 1.52 bits per heavy atom. The summed E-state index contributed by atoms with van der Waals surface area (Å²) in [5.41, 5.74) is 10.8. The summed E-state index contributed by atoms with van der Waals surface area (Å²) < 4.78 is 47.8. The van der Waals surface area contributed by atoms with Gasteiger partial charge >= 0.3 is 6.18 Å². The van der Waals surface area contributed by atoms with Crippen molar-refractivity contribution in [3.63, 3.8) is 0 Å². The minimum Gasteiger partial charge on any atom is -0.309 e. The summed E-state index contributed by atoms with van der Waals surface area (Å²) in [6.45, 7) is 12.0. The monoisotopic (exact) mass is 782 g/mol. The second-order valence-electron chi connectivity index (χ2n) is 15.2. The van der Waals surface area contributed by atoms with Crippen molar-refractivity contribution in [3.8, 4) is 50.8 Å². The number of aromatic nitrogens is 2. The zero-order valence-corrected chi connectivity index (χ0v) is 32.5. The molecule has 0 saturated heterocycles. The SMILES string of the molecule is [C-]#[N+]c1cc(-c2cc(-n3c4ccccc4c4cc(-c5ccccc5C)ccc43)c(C#N)cc2-n2c3ccccc3c3cc(-c4ccccc4C)ccc32)cc(C(F)(F)F)c1. The van der Waals surface area contributed by atoms with Crippen molar-refractivity contribution in [2.75, 3.05) is 0 Å². The summed E-state index contributed by atoms with van der Waals surface area (Å²) >= 11 is 0. The van der Waals surface area contributed by atoms with Crippen LogP contribution in [0.25, 0.3) is 93.2 Å². The maximum Gasteiger partial charge on any atom is 0.415 e. The van der Waals surface area contributed by atoms with Crippen LogP contribution in [0.3, 0.4) is 0 Å². The average Bonchev–Trinajstić information content (AvgIpc) is 3.78. The van der Waals surface area contributed by atoms with Gasteiger partial charge in [-0.05, 0) is 120 Å². The molecular formula is C53H33F3N4. The number of fused-ring (bicyclic) bond motifs is 6. The van der Waals surface area contributed by atoms with E-state index in [-0.39, 0.29) is 11.3 Å². The first-order valence-corrected chi connectivity index (χ1v) is 19.5. The van der Waals surface area contributed by atoms with E-state index < -0.39 is 11.7 Å². The highest BCUT2D eigenvalue weighted by atomic mass is 19.4. The number of nitrogens with zero attached hydrogens (tertiary/aromatic N) is 4. The molecule has 4 nitrogen and oxygen atoms in total. The minimum absolute atomic E-state index is 0.137. The summed E-state index contributed by atoms with van der Waals surface area (Å²) in [7, 11) is 0. The average molecular weight is 783 g/mol. The first kappa shape index (κ1) is 36.5. The predicted molar refractivity (Wildman–Crippen MR) is 237 cm³/mol. The van der Waals surface area contributed by atoms with Crippen LogP contribution >= 0.6 is 0 Å². The highest BCUT2D eigenvalue weighted by Gasteiger charge is 2.32. The molecular weight excluding hydrogens is 750 g/mol. The van der Waals surface area contributed by atoms with Crippen molar-refractivity contribution in [2.24, 2.45) is 0 Å². The number of benzene rings is 8. The molecule has 7 heteroatoms. The molecule has 0 fully saturated rings. The molecule has 10 aromatic rings. The minimum atomic E-state index is -4.70. The lowest BCUT2D eigenvalue weighted by molar-refractivity contribution is -0.137. The van der Waals surface area contributed by atoms with Gasteiger partial charge in [0.2, 0.25) is 0 Å². The van der Waals surface area contributed by atoms with Gasteiger partial charge in [0.1, 0.15) is 6.07 Å². The van der Waals surface area contributed by atoms with Crippen LogP contribution in [-0.2, 0) is 6.18 Å². The molecule has 0 radical (unpaired) electrons. The van der Waals surface area contributed by atoms with E-state index in [1.54, 1.807) is 6.07 Å². The van der Waals surface area contributed by atoms with E-state index in [9.17, 15) is 18.4 Å². The van der Waals surface area contributed by atoms with E-state index in [1.807, 2.05) is 94.1 Å². The van der Waals surface area contributed by atoms with Crippen molar-refractivity contribution < 1.29 is 13.2 Å². The molecule has 2 heterocycles. The molecule has 0 saturated carbocycles. The fourth-order valence-electron chi connectivity index (χ4n) is 8.86. The van der Waals surface area contributed by atoms with Crippen LogP contribution in [0.2, 0.25) is 0 Å². The highest BCUT2D eigenvalue weighted by Crippen LogP contribution is 2.44. The van der Waals surface area contributed by atoms with Crippen LogP contribution < -0.4 is 0 Å². The lowest BCUT2D eigenvalue weighted by atomic mass is 9.96. The lowest BCUT2D eigenvalue weighted by Gasteiger charge is -2.20. The van der Waals surface area contributed by atoms with E-state index in [2.05, 4.69) is 79.4 Å². The molecule has 0 aliphatic carbocycles. The van der Waals surface area contributed by atoms with Crippen LogP contribution in [0.15, 0.2) is 164 Å². The predicted octanol–water partition coefficient (Wildman–Crippen LogP) is 14.9. The standard InChI is InChI=1S/C53H33F3N4/c1-32-12-4-6-14-40(32)34-20-22-49-45(26-34)42-16-8-10-18-47(42)59(49)51-30-44(36-24-38(53(54,55)56)29-39(25-36)58-3)52(28-37(51)31-57)60-48-19-11-9-17-43(48)46-27-35(21-23-50(46)60)41-15-7-5-13-33(41)2/h4-30H,1-2H3. The van der Waals surface area contributed by atoms with Gasteiger partial charge in [-0.25, -0.2) is 4.85 Å². The number of alkyl halides is 3. The number of halogens is 3. The van der Waals surface area contributed by atoms with Gasteiger partial charge < -0.3 is 9.13 Å². The Balaban J connectivity index is 1.30. The van der Waals surface area contributed by atoms with Gasteiger partial charge in [0.25, 0.3) is 0 Å². The second kappa shape index (κ2) is 13.9. The maximum absolute atomic E-state index is 14.6. The first-order valence-electron chi connectivity index (χ1n) is 19.5. The van der Waals surface area contributed by atoms with Crippen molar-refractivity contribution >= 4 is 49.3 Å². The topological polar surface area (TPSA) is 38.0 Å². The molecule has 8 aromatic carbocycles. The zero-order valence-electron chi connectivity index (χ0n) is 32.5. The molecule has 60 heavy (non-hydrogen) atoms. The first-order chi connectivity index (χ1) is 29.1. The Kier molecular flexibility index (Phi) is 8.45. The number of aryl methyl sites for hydroxylation is 2. The van der Waals surface area contributed by atoms with Crippen LogP contribution in [0.1, 0.15) is 22.3 Å². The van der Waals surface area contributed by atoms with Gasteiger partial charge in [-0.1, -0.05) is 97.1 Å². The number of hydrogen-bond donors (Lipinski definition) is 0. The highest BCUT2D eigenvalue weighted by molar-refractivity contribution is 6.12. The van der Waals surface area contributed by atoms with E-state index in [0.29, 0.717) is 22.5 Å². The fraction of sp³-hybridized carbons (Fsp3) is 0.0566. The Morgan fingerprint density at radius 1 is 0.500 bits per heavy atom. The number of para-hydroxylation sites is 2. The Hall–Kier alpha value is -7.87. The molecule has 286 valence electrons. The normalized spacial score (nSPS) is 11.7. The van der Waals surface area contributed by atoms with E-state index in [4.69, 9.17) is 6.57 Å². The third-order valence-electron chi connectivity index (χ3n) is 11.7. The van der Waals surface area contributed by atoms with Crippen LogP contribution in [0.5, 0.6) is 0 Å². The quantitative estimate of drug-likeness (QED) is 0.160. The van der Waals surface area contributed by atoms with Crippen molar-refractivity contribution in [2.45, 2.75) is 20.0 Å². The molecule has 10 rings (SSSR count). The maximum atomic E-state index is 14.6. The van der Waals surface area contributed by atoms with Crippen molar-refractivity contribution in [3.05, 3.63) is 197 Å². The third-order valence-corrected chi connectivity index (χ3v) is 11.7. The summed E-state index contributed by atoms with van der Waals surface area (Å²) in [5.74, 6) is 0. The second-order valence-corrected chi connectivity index (χ2v) is 15.2. The molecule has 0 aliphatic rings. The molecule has 0 spiro atoms. The van der Waals surface area contributed by atoms with Crippen LogP contribution in [0, 0.1) is 31.8 Å². The third kappa shape index (κ3) is 5.82. The van der Waals surface area contributed by atoms with E-state index >= 15 is 0 Å². The summed E-state index contributed by atoms with van der Waals surface area (Å²) in [6, 6.07) is 54.4. The molecule has 0 aliphatic heterocycles. The molecule has 0 atom stereocenters. The van der Waals surface area contributed by atoms with Gasteiger partial charge in [-0.2, -0.15) is 18.4 Å². The van der Waals surface area contributed by atoms with Gasteiger partial charge in [0, 0.05) is 32.7 Å². The summed E-state index contributed by atoms with van der Waals surface area (Å²) in [5, 5.41) is 14.9. The molecule has 0 bridgehead atoms. The van der Waals surface area contributed by atoms with E-state index in [0.717, 1.165) is 89.1 Å². The van der Waals surface area contributed by atoms with Gasteiger partial charge in [0.05, 0.1) is 45.6 Å². The Morgan fingerprint density at radius 2 is 1.00 bits per heavy atom. The number of rotatable bonds is 5. The van der Waals surface area contributed by atoms with Crippen molar-refractivity contribution in [1.82, 2.24) is 9.13 Å². The Bertz CT molecular complexity index is 3480. The number of nitriles is 1.